The fourth-order valence-electron chi connectivity index (χ4n) is 2.46. The van der Waals surface area contributed by atoms with Crippen molar-refractivity contribution >= 4 is 34.1 Å². The van der Waals surface area contributed by atoms with E-state index in [0.29, 0.717) is 11.0 Å². The maximum atomic E-state index is 12.5. The van der Waals surface area contributed by atoms with Crippen molar-refractivity contribution < 1.29 is 13.9 Å². The smallest absolute Gasteiger partial charge is 0.259 e. The molecule has 6 nitrogen and oxygen atoms in total. The highest BCUT2D eigenvalue weighted by molar-refractivity contribution is 8.01. The Morgan fingerprint density at radius 2 is 2.07 bits per heavy atom. The average molecular weight is 404 g/mol. The van der Waals surface area contributed by atoms with Gasteiger partial charge in [-0.2, -0.15) is 0 Å². The largest absolute Gasteiger partial charge is 0.445 e. The van der Waals surface area contributed by atoms with E-state index in [1.807, 2.05) is 44.2 Å². The van der Waals surface area contributed by atoms with E-state index in [-0.39, 0.29) is 11.2 Å². The molecular weight excluding hydrogens is 382 g/mol. The van der Waals surface area contributed by atoms with Gasteiger partial charge >= 0.3 is 0 Å². The average Bonchev–Trinajstić information content (AvgIpc) is 3.32. The number of oxazole rings is 1. The number of rotatable bonds is 8. The number of methoxy groups -OCH3 is 1. The van der Waals surface area contributed by atoms with Crippen LogP contribution < -0.4 is 5.32 Å². The Morgan fingerprint density at radius 3 is 2.74 bits per heavy atom. The molecule has 0 aliphatic carbocycles. The van der Waals surface area contributed by atoms with Gasteiger partial charge in [0.15, 0.2) is 11.2 Å². The van der Waals surface area contributed by atoms with Gasteiger partial charge in [0.25, 0.3) is 5.91 Å². The first-order chi connectivity index (χ1) is 13.1. The highest BCUT2D eigenvalue weighted by Crippen LogP contribution is 2.38. The first-order valence-corrected chi connectivity index (χ1v) is 10.3. The van der Waals surface area contributed by atoms with E-state index in [1.54, 1.807) is 24.2 Å². The zero-order valence-corrected chi connectivity index (χ0v) is 17.0. The van der Waals surface area contributed by atoms with Gasteiger partial charge in [-0.15, -0.1) is 11.8 Å². The van der Waals surface area contributed by atoms with Crippen molar-refractivity contribution in [2.24, 2.45) is 0 Å². The van der Waals surface area contributed by atoms with Gasteiger partial charge in [-0.3, -0.25) is 10.1 Å². The molecule has 0 saturated carbocycles. The number of anilines is 1. The molecule has 0 saturated heterocycles. The zero-order chi connectivity index (χ0) is 19.2. The number of carbonyl (C=O) groups is 1. The molecule has 1 aromatic carbocycles. The topological polar surface area (TPSA) is 77.2 Å². The molecule has 2 heterocycles. The van der Waals surface area contributed by atoms with E-state index in [9.17, 15) is 4.79 Å². The van der Waals surface area contributed by atoms with Gasteiger partial charge in [0.1, 0.15) is 5.76 Å². The van der Waals surface area contributed by atoms with Gasteiger partial charge in [-0.25, -0.2) is 9.97 Å². The van der Waals surface area contributed by atoms with Crippen molar-refractivity contribution in [1.29, 1.82) is 0 Å². The third kappa shape index (κ3) is 4.97. The normalized spacial score (nSPS) is 13.3. The van der Waals surface area contributed by atoms with Crippen molar-refractivity contribution in [2.75, 3.05) is 12.4 Å². The number of thiazole rings is 1. The number of nitrogens with zero attached hydrogens (tertiary/aromatic N) is 2. The maximum Gasteiger partial charge on any atom is 0.259 e. The second-order valence-corrected chi connectivity index (χ2v) is 8.45. The summed E-state index contributed by atoms with van der Waals surface area (Å²) in [5, 5.41) is 3.43. The lowest BCUT2D eigenvalue weighted by Crippen LogP contribution is -2.22. The summed E-state index contributed by atoms with van der Waals surface area (Å²) in [6, 6.07) is 9.37. The molecule has 27 heavy (non-hydrogen) atoms. The van der Waals surface area contributed by atoms with Crippen LogP contribution in [-0.4, -0.2) is 23.0 Å². The molecule has 8 heteroatoms. The van der Waals surface area contributed by atoms with Crippen LogP contribution in [0.1, 0.15) is 42.4 Å². The third-order valence-electron chi connectivity index (χ3n) is 3.85. The Bertz CT molecular complexity index is 879. The van der Waals surface area contributed by atoms with E-state index in [2.05, 4.69) is 15.3 Å². The number of hydrogen-bond donors (Lipinski definition) is 1. The van der Waals surface area contributed by atoms with Crippen LogP contribution >= 0.6 is 23.1 Å². The number of hydrogen-bond acceptors (Lipinski definition) is 7. The van der Waals surface area contributed by atoms with Crippen LogP contribution in [-0.2, 0) is 16.0 Å². The Kier molecular flexibility index (Phi) is 6.65. The number of aromatic nitrogens is 2. The number of amides is 1. The van der Waals surface area contributed by atoms with Crippen LogP contribution in [0.5, 0.6) is 0 Å². The van der Waals surface area contributed by atoms with Crippen LogP contribution in [0.15, 0.2) is 51.4 Å². The van der Waals surface area contributed by atoms with Crippen molar-refractivity contribution in [1.82, 2.24) is 9.97 Å². The summed E-state index contributed by atoms with van der Waals surface area (Å²) in [4.78, 5) is 21.1. The number of aryl methyl sites for hydroxylation is 1. The van der Waals surface area contributed by atoms with Crippen LogP contribution in [0, 0.1) is 0 Å². The fraction of sp³-hybridized carbons (Fsp3) is 0.316. The summed E-state index contributed by atoms with van der Waals surface area (Å²) in [5.74, 6) is 1.32. The van der Waals surface area contributed by atoms with Gasteiger partial charge < -0.3 is 9.15 Å². The lowest BCUT2D eigenvalue weighted by atomic mass is 10.1. The quantitative estimate of drug-likeness (QED) is 0.541. The Labute approximate surface area is 166 Å². The van der Waals surface area contributed by atoms with Crippen molar-refractivity contribution in [3.05, 3.63) is 59.9 Å². The van der Waals surface area contributed by atoms with Crippen LogP contribution in [0.25, 0.3) is 0 Å². The summed E-state index contributed by atoms with van der Waals surface area (Å²) in [7, 11) is 1.52. The highest BCUT2D eigenvalue weighted by atomic mass is 32.2. The minimum absolute atomic E-state index is 0.0605. The molecule has 0 radical (unpaired) electrons. The number of benzene rings is 1. The highest BCUT2D eigenvalue weighted by Gasteiger charge is 2.21. The van der Waals surface area contributed by atoms with Crippen molar-refractivity contribution in [2.45, 2.75) is 35.8 Å². The molecule has 142 valence electrons. The molecule has 2 atom stereocenters. The van der Waals surface area contributed by atoms with Gasteiger partial charge in [-0.1, -0.05) is 48.6 Å². The first kappa shape index (κ1) is 19.6. The fourth-order valence-corrected chi connectivity index (χ4v) is 4.55. The number of nitrogens with one attached hydrogen (secondary N) is 1. The molecule has 0 aliphatic rings. The zero-order valence-electron chi connectivity index (χ0n) is 15.3. The molecule has 3 rings (SSSR count). The molecule has 2 aromatic heterocycles. The molecule has 0 aliphatic heterocycles. The monoisotopic (exact) mass is 403 g/mol. The Morgan fingerprint density at radius 1 is 1.30 bits per heavy atom. The lowest BCUT2D eigenvalue weighted by Gasteiger charge is -2.14. The molecule has 0 fully saturated rings. The SMILES string of the molecule is CCc1cnc(C(C)Sc2cnc(NC(=O)C(OC)c3ccccc3)s2)o1. The molecule has 1 N–H and O–H groups in total. The molecule has 0 spiro atoms. The number of thioether (sulfide) groups is 1. The van der Waals surface area contributed by atoms with Crippen molar-refractivity contribution in [3.8, 4) is 0 Å². The molecule has 0 bridgehead atoms. The predicted octanol–water partition coefficient (Wildman–Crippen LogP) is 4.87. The van der Waals surface area contributed by atoms with E-state index in [1.165, 1.54) is 18.4 Å². The minimum atomic E-state index is -0.676. The summed E-state index contributed by atoms with van der Waals surface area (Å²) in [6.45, 7) is 4.06. The molecule has 2 unspecified atom stereocenters. The first-order valence-electron chi connectivity index (χ1n) is 8.56. The van der Waals surface area contributed by atoms with Gasteiger partial charge in [0, 0.05) is 13.5 Å². The predicted molar refractivity (Wildman–Crippen MR) is 107 cm³/mol. The summed E-state index contributed by atoms with van der Waals surface area (Å²) >= 11 is 3.01. The minimum Gasteiger partial charge on any atom is -0.445 e. The molecule has 1 amide bonds. The summed E-state index contributed by atoms with van der Waals surface area (Å²) in [5.41, 5.74) is 0.799. The summed E-state index contributed by atoms with van der Waals surface area (Å²) < 4.78 is 12.0. The lowest BCUT2D eigenvalue weighted by molar-refractivity contribution is -0.126. The van der Waals surface area contributed by atoms with E-state index >= 15 is 0 Å². The molecule has 3 aromatic rings. The Hall–Kier alpha value is -2.16. The maximum absolute atomic E-state index is 12.5. The van der Waals surface area contributed by atoms with Crippen LogP contribution in [0.3, 0.4) is 0 Å². The number of ether oxygens (including phenoxy) is 1. The molecular formula is C19H21N3O3S2. The second-order valence-electron chi connectivity index (χ2n) is 5.78. The van der Waals surface area contributed by atoms with Gasteiger partial charge in [0.2, 0.25) is 5.89 Å². The summed E-state index contributed by atoms with van der Waals surface area (Å²) in [6.07, 6.45) is 3.66. The van der Waals surface area contributed by atoms with Crippen LogP contribution in [0.4, 0.5) is 5.13 Å². The van der Waals surface area contributed by atoms with Gasteiger partial charge in [0.05, 0.1) is 21.9 Å². The second kappa shape index (κ2) is 9.16. The Balaban J connectivity index is 1.62. The standard InChI is InChI=1S/C19H21N3O3S2/c1-4-14-10-20-18(25-14)12(2)26-15-11-21-19(27-15)22-17(23)16(24-3)13-8-6-5-7-9-13/h5-12,16H,4H2,1-3H3,(H,21,22,23). The number of carbonyl (C=O) groups excluding carboxylic acids is 1. The van der Waals surface area contributed by atoms with E-state index < -0.39 is 6.10 Å². The van der Waals surface area contributed by atoms with E-state index in [4.69, 9.17) is 9.15 Å². The van der Waals surface area contributed by atoms with E-state index in [0.717, 1.165) is 22.0 Å². The third-order valence-corrected chi connectivity index (χ3v) is 5.99. The van der Waals surface area contributed by atoms with Gasteiger partial charge in [-0.05, 0) is 12.5 Å². The van der Waals surface area contributed by atoms with Crippen molar-refractivity contribution in [3.63, 3.8) is 0 Å². The van der Waals surface area contributed by atoms with Crippen LogP contribution in [0.2, 0.25) is 0 Å².